The predicted molar refractivity (Wildman–Crippen MR) is 66.0 cm³/mol. The fraction of sp³-hybridized carbons (Fsp3) is 0.462. The fourth-order valence-corrected chi connectivity index (χ4v) is 1.38. The number of carbonyl (C=O) groups excluding carboxylic acids is 1. The zero-order chi connectivity index (χ0) is 12.8. The number of nitrogens with two attached hydrogens (primary N) is 1. The highest BCUT2D eigenvalue weighted by Gasteiger charge is 2.15. The number of carbonyl (C=O) groups is 1. The molecular weight excluding hydrogens is 218 g/mol. The van der Waals surface area contributed by atoms with Crippen molar-refractivity contribution in [2.75, 3.05) is 13.2 Å². The molecule has 4 nitrogen and oxygen atoms in total. The number of benzene rings is 1. The van der Waals surface area contributed by atoms with Gasteiger partial charge in [-0.3, -0.25) is 4.79 Å². The van der Waals surface area contributed by atoms with Crippen LogP contribution in [0.15, 0.2) is 18.2 Å². The highest BCUT2D eigenvalue weighted by molar-refractivity contribution is 5.75. The molecule has 1 atom stereocenters. The van der Waals surface area contributed by atoms with Gasteiger partial charge in [0.25, 0.3) is 0 Å². The zero-order valence-corrected chi connectivity index (χ0v) is 10.5. The maximum atomic E-state index is 11.3. The van der Waals surface area contributed by atoms with Gasteiger partial charge < -0.3 is 15.2 Å². The number of ether oxygens (including phenoxy) is 2. The maximum Gasteiger partial charge on any atom is 0.326 e. The lowest BCUT2D eigenvalue weighted by atomic mass is 10.1. The van der Waals surface area contributed by atoms with Crippen LogP contribution < -0.4 is 10.5 Å². The van der Waals surface area contributed by atoms with Gasteiger partial charge in [-0.1, -0.05) is 12.1 Å². The van der Waals surface area contributed by atoms with Crippen molar-refractivity contribution in [1.29, 1.82) is 0 Å². The molecular formula is C13H19NO3. The summed E-state index contributed by atoms with van der Waals surface area (Å²) in [6.45, 7) is 6.18. The fourth-order valence-electron chi connectivity index (χ4n) is 1.38. The van der Waals surface area contributed by atoms with Crippen LogP contribution >= 0.6 is 0 Å². The van der Waals surface area contributed by atoms with E-state index in [1.807, 2.05) is 32.0 Å². The minimum Gasteiger partial charge on any atom is -0.491 e. The molecule has 1 aromatic rings. The number of rotatable bonds is 5. The molecule has 0 fully saturated rings. The summed E-state index contributed by atoms with van der Waals surface area (Å²) in [6.07, 6.45) is 0. The molecule has 0 aliphatic rings. The number of esters is 1. The number of hydrogen-bond acceptors (Lipinski definition) is 4. The Bertz CT molecular complexity index is 390. The van der Waals surface area contributed by atoms with E-state index < -0.39 is 12.0 Å². The van der Waals surface area contributed by atoms with Gasteiger partial charge in [-0.05, 0) is 38.0 Å². The first-order valence-electron chi connectivity index (χ1n) is 5.67. The van der Waals surface area contributed by atoms with Crippen LogP contribution in [0, 0.1) is 13.8 Å². The van der Waals surface area contributed by atoms with Crippen molar-refractivity contribution < 1.29 is 14.3 Å². The lowest BCUT2D eigenvalue weighted by molar-refractivity contribution is -0.145. The SMILES string of the molecule is CCOC(=O)C(N)COc1cccc(C)c1C. The summed E-state index contributed by atoms with van der Waals surface area (Å²) in [6, 6.07) is 5.04. The Kier molecular flexibility index (Phi) is 4.97. The number of hydrogen-bond donors (Lipinski definition) is 1. The summed E-state index contributed by atoms with van der Waals surface area (Å²) >= 11 is 0. The molecule has 0 radical (unpaired) electrons. The summed E-state index contributed by atoms with van der Waals surface area (Å²) in [5.41, 5.74) is 7.84. The van der Waals surface area contributed by atoms with E-state index in [1.54, 1.807) is 6.92 Å². The zero-order valence-electron chi connectivity index (χ0n) is 10.5. The van der Waals surface area contributed by atoms with Crippen molar-refractivity contribution in [2.45, 2.75) is 26.8 Å². The molecule has 1 unspecified atom stereocenters. The molecule has 0 aromatic heterocycles. The van der Waals surface area contributed by atoms with Gasteiger partial charge in [0.1, 0.15) is 18.4 Å². The van der Waals surface area contributed by atoms with Crippen molar-refractivity contribution >= 4 is 5.97 Å². The first-order valence-corrected chi connectivity index (χ1v) is 5.67. The monoisotopic (exact) mass is 237 g/mol. The van der Waals surface area contributed by atoms with Gasteiger partial charge in [-0.2, -0.15) is 0 Å². The average Bonchev–Trinajstić information content (AvgIpc) is 2.31. The van der Waals surface area contributed by atoms with Gasteiger partial charge in [-0.25, -0.2) is 0 Å². The van der Waals surface area contributed by atoms with Crippen LogP contribution in [-0.2, 0) is 9.53 Å². The molecule has 17 heavy (non-hydrogen) atoms. The largest absolute Gasteiger partial charge is 0.491 e. The molecule has 0 saturated heterocycles. The second kappa shape index (κ2) is 6.25. The summed E-state index contributed by atoms with van der Waals surface area (Å²) in [7, 11) is 0. The van der Waals surface area contributed by atoms with E-state index in [0.29, 0.717) is 6.61 Å². The van der Waals surface area contributed by atoms with Crippen molar-refractivity contribution in [1.82, 2.24) is 0 Å². The third-order valence-corrected chi connectivity index (χ3v) is 2.56. The molecule has 2 N–H and O–H groups in total. The molecule has 0 bridgehead atoms. The summed E-state index contributed by atoms with van der Waals surface area (Å²) in [4.78, 5) is 11.3. The molecule has 0 aliphatic carbocycles. The normalized spacial score (nSPS) is 12.0. The molecule has 0 spiro atoms. The highest BCUT2D eigenvalue weighted by atomic mass is 16.5. The smallest absolute Gasteiger partial charge is 0.326 e. The van der Waals surface area contributed by atoms with Crippen LogP contribution in [0.1, 0.15) is 18.1 Å². The molecule has 0 amide bonds. The topological polar surface area (TPSA) is 61.5 Å². The van der Waals surface area contributed by atoms with E-state index in [2.05, 4.69) is 0 Å². The maximum absolute atomic E-state index is 11.3. The third-order valence-electron chi connectivity index (χ3n) is 2.56. The molecule has 94 valence electrons. The quantitative estimate of drug-likeness (QED) is 0.790. The van der Waals surface area contributed by atoms with E-state index in [1.165, 1.54) is 0 Å². The van der Waals surface area contributed by atoms with Crippen LogP contribution in [0.3, 0.4) is 0 Å². The summed E-state index contributed by atoms with van der Waals surface area (Å²) in [5.74, 6) is 0.322. The Labute approximate surface area is 102 Å². The van der Waals surface area contributed by atoms with E-state index in [9.17, 15) is 4.79 Å². The van der Waals surface area contributed by atoms with Crippen LogP contribution in [0.2, 0.25) is 0 Å². The van der Waals surface area contributed by atoms with Crippen molar-refractivity contribution in [3.8, 4) is 5.75 Å². The van der Waals surface area contributed by atoms with E-state index >= 15 is 0 Å². The first kappa shape index (κ1) is 13.5. The number of aryl methyl sites for hydroxylation is 1. The van der Waals surface area contributed by atoms with Gasteiger partial charge in [0.2, 0.25) is 0 Å². The first-order chi connectivity index (χ1) is 8.06. The van der Waals surface area contributed by atoms with Crippen LogP contribution in [0.5, 0.6) is 5.75 Å². The van der Waals surface area contributed by atoms with Gasteiger partial charge in [-0.15, -0.1) is 0 Å². The standard InChI is InChI=1S/C13H19NO3/c1-4-16-13(15)11(14)8-17-12-7-5-6-9(2)10(12)3/h5-7,11H,4,8,14H2,1-3H3. The highest BCUT2D eigenvalue weighted by Crippen LogP contribution is 2.20. The van der Waals surface area contributed by atoms with E-state index in [-0.39, 0.29) is 6.61 Å². The summed E-state index contributed by atoms with van der Waals surface area (Å²) < 4.78 is 10.3. The van der Waals surface area contributed by atoms with Gasteiger partial charge >= 0.3 is 5.97 Å². The Hall–Kier alpha value is -1.55. The second-order valence-corrected chi connectivity index (χ2v) is 3.87. The Morgan fingerprint density at radius 3 is 2.76 bits per heavy atom. The Morgan fingerprint density at radius 2 is 2.12 bits per heavy atom. The van der Waals surface area contributed by atoms with Crippen LogP contribution in [-0.4, -0.2) is 25.2 Å². The van der Waals surface area contributed by atoms with Crippen LogP contribution in [0.25, 0.3) is 0 Å². The average molecular weight is 237 g/mol. The van der Waals surface area contributed by atoms with Crippen molar-refractivity contribution in [3.63, 3.8) is 0 Å². The molecule has 0 saturated carbocycles. The van der Waals surface area contributed by atoms with Gasteiger partial charge in [0, 0.05) is 0 Å². The van der Waals surface area contributed by atoms with Crippen molar-refractivity contribution in [3.05, 3.63) is 29.3 Å². The van der Waals surface area contributed by atoms with E-state index in [4.69, 9.17) is 15.2 Å². The minimum atomic E-state index is -0.741. The van der Waals surface area contributed by atoms with Gasteiger partial charge in [0.15, 0.2) is 0 Å². The molecule has 1 aromatic carbocycles. The minimum absolute atomic E-state index is 0.128. The molecule has 0 aliphatic heterocycles. The predicted octanol–water partition coefficient (Wildman–Crippen LogP) is 1.57. The van der Waals surface area contributed by atoms with E-state index in [0.717, 1.165) is 16.9 Å². The lowest BCUT2D eigenvalue weighted by Crippen LogP contribution is -2.37. The van der Waals surface area contributed by atoms with Crippen molar-refractivity contribution in [2.24, 2.45) is 5.73 Å². The third kappa shape index (κ3) is 3.75. The Morgan fingerprint density at radius 1 is 1.41 bits per heavy atom. The lowest BCUT2D eigenvalue weighted by Gasteiger charge is -2.14. The Balaban J connectivity index is 2.56. The van der Waals surface area contributed by atoms with Gasteiger partial charge in [0.05, 0.1) is 6.61 Å². The molecule has 4 heteroatoms. The second-order valence-electron chi connectivity index (χ2n) is 3.87. The molecule has 1 rings (SSSR count). The molecule has 0 heterocycles. The summed E-state index contributed by atoms with van der Waals surface area (Å²) in [5, 5.41) is 0. The van der Waals surface area contributed by atoms with Crippen LogP contribution in [0.4, 0.5) is 0 Å².